The maximum Gasteiger partial charge on any atom is 0.271 e. The van der Waals surface area contributed by atoms with Gasteiger partial charge in [-0.05, 0) is 23.8 Å². The molecule has 24 heavy (non-hydrogen) atoms. The molecule has 1 aromatic heterocycles. The maximum atomic E-state index is 12.6. The first-order valence-corrected chi connectivity index (χ1v) is 8.71. The summed E-state index contributed by atoms with van der Waals surface area (Å²) in [5, 5.41) is 11.1. The van der Waals surface area contributed by atoms with Crippen molar-refractivity contribution in [2.45, 2.75) is 10.6 Å². The van der Waals surface area contributed by atoms with Gasteiger partial charge in [0.15, 0.2) is 9.84 Å². The number of furan rings is 1. The first-order chi connectivity index (χ1) is 11.5. The molecule has 0 fully saturated rings. The summed E-state index contributed by atoms with van der Waals surface area (Å²) in [5.41, 5.74) is 0.667. The van der Waals surface area contributed by atoms with E-state index >= 15 is 0 Å². The van der Waals surface area contributed by atoms with Crippen LogP contribution in [0.5, 0.6) is 0 Å². The molecule has 7 heteroatoms. The highest BCUT2D eigenvalue weighted by atomic mass is 32.2. The zero-order valence-electron chi connectivity index (χ0n) is 12.5. The van der Waals surface area contributed by atoms with Gasteiger partial charge in [0.25, 0.3) is 5.69 Å². The fraction of sp³-hybridized carbons (Fsp3) is 0.0588. The average Bonchev–Trinajstić information content (AvgIpc) is 3.09. The Balaban J connectivity index is 2.07. The van der Waals surface area contributed by atoms with Crippen molar-refractivity contribution < 1.29 is 17.8 Å². The summed E-state index contributed by atoms with van der Waals surface area (Å²) >= 11 is 0. The summed E-state index contributed by atoms with van der Waals surface area (Å²) in [5.74, 6) is 0.141. The molecule has 0 aliphatic rings. The van der Waals surface area contributed by atoms with Gasteiger partial charge in [0.05, 0.1) is 21.8 Å². The number of hydrogen-bond donors (Lipinski definition) is 0. The van der Waals surface area contributed by atoms with E-state index in [0.29, 0.717) is 16.9 Å². The molecule has 0 unspecified atom stereocenters. The van der Waals surface area contributed by atoms with E-state index in [1.165, 1.54) is 18.4 Å². The number of non-ortho nitro benzene ring substituents is 1. The molecule has 0 bridgehead atoms. The lowest BCUT2D eigenvalue weighted by atomic mass is 10.1. The van der Waals surface area contributed by atoms with E-state index in [0.717, 1.165) is 6.07 Å². The van der Waals surface area contributed by atoms with Gasteiger partial charge in [0, 0.05) is 17.7 Å². The molecule has 0 N–H and O–H groups in total. The van der Waals surface area contributed by atoms with E-state index in [2.05, 4.69) is 0 Å². The van der Waals surface area contributed by atoms with Crippen molar-refractivity contribution in [2.24, 2.45) is 0 Å². The third-order valence-electron chi connectivity index (χ3n) is 3.47. The van der Waals surface area contributed by atoms with Crippen molar-refractivity contribution in [1.82, 2.24) is 0 Å². The second kappa shape index (κ2) is 6.29. The fourth-order valence-electron chi connectivity index (χ4n) is 2.33. The van der Waals surface area contributed by atoms with Gasteiger partial charge in [0.1, 0.15) is 5.76 Å². The van der Waals surface area contributed by atoms with Crippen LogP contribution in [0.25, 0.3) is 11.3 Å². The predicted octanol–water partition coefficient (Wildman–Crippen LogP) is 3.83. The normalized spacial score (nSPS) is 11.3. The predicted molar refractivity (Wildman–Crippen MR) is 88.1 cm³/mol. The van der Waals surface area contributed by atoms with E-state index < -0.39 is 14.8 Å². The Morgan fingerprint density at radius 3 is 2.38 bits per heavy atom. The smallest absolute Gasteiger partial charge is 0.271 e. The number of nitro groups is 1. The second-order valence-corrected chi connectivity index (χ2v) is 7.18. The lowest BCUT2D eigenvalue weighted by Crippen LogP contribution is -2.06. The van der Waals surface area contributed by atoms with Crippen molar-refractivity contribution >= 4 is 15.5 Å². The molecule has 3 aromatic rings. The van der Waals surface area contributed by atoms with Crippen LogP contribution < -0.4 is 0 Å². The zero-order valence-corrected chi connectivity index (χ0v) is 13.3. The van der Waals surface area contributed by atoms with Crippen LogP contribution >= 0.6 is 0 Å². The third kappa shape index (κ3) is 3.36. The minimum Gasteiger partial charge on any atom is -0.464 e. The van der Waals surface area contributed by atoms with E-state index in [-0.39, 0.29) is 16.3 Å². The van der Waals surface area contributed by atoms with Crippen LogP contribution in [0, 0.1) is 10.1 Å². The SMILES string of the molecule is O=[N+]([O-])c1cc(-c2ccco2)cc(S(=O)(=O)Cc2ccccc2)c1. The lowest BCUT2D eigenvalue weighted by Gasteiger charge is -2.07. The fourth-order valence-corrected chi connectivity index (χ4v) is 3.74. The molecule has 0 saturated heterocycles. The summed E-state index contributed by atoms with van der Waals surface area (Å²) in [6.07, 6.45) is 1.42. The topological polar surface area (TPSA) is 90.4 Å². The number of nitrogens with zero attached hydrogens (tertiary/aromatic N) is 1. The Labute approximate surface area is 138 Å². The zero-order chi connectivity index (χ0) is 17.2. The maximum absolute atomic E-state index is 12.6. The molecule has 6 nitrogen and oxygen atoms in total. The van der Waals surface area contributed by atoms with Crippen molar-refractivity contribution in [3.63, 3.8) is 0 Å². The van der Waals surface area contributed by atoms with E-state index in [4.69, 9.17) is 4.42 Å². The molecule has 0 radical (unpaired) electrons. The molecule has 1 heterocycles. The summed E-state index contributed by atoms with van der Waals surface area (Å²) in [7, 11) is -3.73. The molecule has 2 aromatic carbocycles. The third-order valence-corrected chi connectivity index (χ3v) is 5.13. The highest BCUT2D eigenvalue weighted by Gasteiger charge is 2.21. The van der Waals surface area contributed by atoms with Crippen LogP contribution in [-0.4, -0.2) is 13.3 Å². The quantitative estimate of drug-likeness (QED) is 0.519. The van der Waals surface area contributed by atoms with Crippen LogP contribution in [0.2, 0.25) is 0 Å². The molecule has 0 amide bonds. The average molecular weight is 343 g/mol. The van der Waals surface area contributed by atoms with Crippen LogP contribution in [0.3, 0.4) is 0 Å². The van der Waals surface area contributed by atoms with Crippen molar-refractivity contribution in [1.29, 1.82) is 0 Å². The molecule has 0 aliphatic heterocycles. The molecule has 0 aliphatic carbocycles. The van der Waals surface area contributed by atoms with Gasteiger partial charge in [-0.1, -0.05) is 30.3 Å². The standard InChI is InChI=1S/C17H13NO5S/c19-18(20)15-9-14(17-7-4-8-23-17)10-16(11-15)24(21,22)12-13-5-2-1-3-6-13/h1-11H,12H2. The first-order valence-electron chi connectivity index (χ1n) is 7.06. The van der Waals surface area contributed by atoms with Crippen LogP contribution in [0.15, 0.2) is 76.2 Å². The molecule has 0 saturated carbocycles. The summed E-state index contributed by atoms with van der Waals surface area (Å²) < 4.78 is 30.5. The van der Waals surface area contributed by atoms with Gasteiger partial charge < -0.3 is 4.42 Å². The Morgan fingerprint density at radius 1 is 1.00 bits per heavy atom. The summed E-state index contributed by atoms with van der Waals surface area (Å²) in [6, 6.07) is 15.7. The van der Waals surface area contributed by atoms with Crippen LogP contribution in [0.4, 0.5) is 5.69 Å². The Hall–Kier alpha value is -2.93. The largest absolute Gasteiger partial charge is 0.464 e. The van der Waals surface area contributed by atoms with Crippen molar-refractivity contribution in [2.75, 3.05) is 0 Å². The lowest BCUT2D eigenvalue weighted by molar-refractivity contribution is -0.385. The molecule has 0 atom stereocenters. The van der Waals surface area contributed by atoms with Crippen molar-refractivity contribution in [3.05, 3.63) is 82.6 Å². The van der Waals surface area contributed by atoms with E-state index in [1.807, 2.05) is 0 Å². The Bertz CT molecular complexity index is 963. The highest BCUT2D eigenvalue weighted by Crippen LogP contribution is 2.29. The van der Waals surface area contributed by atoms with Gasteiger partial charge in [-0.25, -0.2) is 8.42 Å². The van der Waals surface area contributed by atoms with Gasteiger partial charge in [0.2, 0.25) is 0 Å². The number of benzene rings is 2. The first kappa shape index (κ1) is 15.9. The van der Waals surface area contributed by atoms with E-state index in [1.54, 1.807) is 42.5 Å². The van der Waals surface area contributed by atoms with Crippen molar-refractivity contribution in [3.8, 4) is 11.3 Å². The van der Waals surface area contributed by atoms with Crippen LogP contribution in [0.1, 0.15) is 5.56 Å². The van der Waals surface area contributed by atoms with Crippen LogP contribution in [-0.2, 0) is 15.6 Å². The minimum absolute atomic E-state index is 0.105. The number of rotatable bonds is 5. The highest BCUT2D eigenvalue weighted by molar-refractivity contribution is 7.90. The molecule has 122 valence electrons. The van der Waals surface area contributed by atoms with Gasteiger partial charge in [-0.2, -0.15) is 0 Å². The van der Waals surface area contributed by atoms with E-state index in [9.17, 15) is 18.5 Å². The molecule has 0 spiro atoms. The van der Waals surface area contributed by atoms with Gasteiger partial charge in [-0.15, -0.1) is 0 Å². The number of hydrogen-bond acceptors (Lipinski definition) is 5. The van der Waals surface area contributed by atoms with Gasteiger partial charge in [-0.3, -0.25) is 10.1 Å². The molecule has 3 rings (SSSR count). The number of sulfone groups is 1. The summed E-state index contributed by atoms with van der Waals surface area (Å²) in [6.45, 7) is 0. The Morgan fingerprint density at radius 2 is 1.75 bits per heavy atom. The number of nitro benzene ring substituents is 1. The summed E-state index contributed by atoms with van der Waals surface area (Å²) in [4.78, 5) is 10.4. The second-order valence-electron chi connectivity index (χ2n) is 5.19. The Kier molecular flexibility index (Phi) is 4.18. The monoisotopic (exact) mass is 343 g/mol. The molecular formula is C17H13NO5S. The van der Waals surface area contributed by atoms with Gasteiger partial charge >= 0.3 is 0 Å². The minimum atomic E-state index is -3.73. The molecular weight excluding hydrogens is 330 g/mol.